The second-order valence-corrected chi connectivity index (χ2v) is 6.58. The second kappa shape index (κ2) is 5.65. The van der Waals surface area contributed by atoms with Crippen LogP contribution in [0.2, 0.25) is 5.02 Å². The molecule has 1 heterocycles. The minimum atomic E-state index is -3.84. The molecule has 0 aromatic heterocycles. The Balaban J connectivity index is 2.30. The van der Waals surface area contributed by atoms with Crippen molar-refractivity contribution in [1.82, 2.24) is 4.72 Å². The molecule has 0 aliphatic carbocycles. The third kappa shape index (κ3) is 3.09. The van der Waals surface area contributed by atoms with Crippen LogP contribution in [0.25, 0.3) is 0 Å². The number of ether oxygens (including phenoxy) is 1. The maximum Gasteiger partial charge on any atom is 0.289 e. The van der Waals surface area contributed by atoms with E-state index in [0.29, 0.717) is 13.0 Å². The first-order chi connectivity index (χ1) is 9.31. The van der Waals surface area contributed by atoms with Crippen molar-refractivity contribution in [2.75, 3.05) is 6.61 Å². The lowest BCUT2D eigenvalue weighted by Crippen LogP contribution is -2.39. The van der Waals surface area contributed by atoms with Gasteiger partial charge in [-0.3, -0.25) is 10.1 Å². The van der Waals surface area contributed by atoms with Crippen molar-refractivity contribution in [3.8, 4) is 0 Å². The van der Waals surface area contributed by atoms with Crippen LogP contribution in [0, 0.1) is 10.1 Å². The van der Waals surface area contributed by atoms with Gasteiger partial charge in [-0.1, -0.05) is 11.6 Å². The van der Waals surface area contributed by atoms with E-state index in [0.717, 1.165) is 6.07 Å². The molecular weight excluding hydrogens is 308 g/mol. The number of benzene rings is 1. The van der Waals surface area contributed by atoms with Gasteiger partial charge in [-0.2, -0.15) is 0 Å². The van der Waals surface area contributed by atoms with Gasteiger partial charge in [-0.25, -0.2) is 13.1 Å². The third-order valence-corrected chi connectivity index (χ3v) is 4.91. The molecule has 0 radical (unpaired) electrons. The van der Waals surface area contributed by atoms with E-state index in [4.69, 9.17) is 16.3 Å². The summed E-state index contributed by atoms with van der Waals surface area (Å²) in [4.78, 5) is 9.88. The molecule has 20 heavy (non-hydrogen) atoms. The zero-order chi connectivity index (χ0) is 14.9. The predicted molar refractivity (Wildman–Crippen MR) is 72.2 cm³/mol. The first kappa shape index (κ1) is 15.2. The maximum absolute atomic E-state index is 12.2. The Morgan fingerprint density at radius 2 is 2.20 bits per heavy atom. The van der Waals surface area contributed by atoms with Gasteiger partial charge in [-0.15, -0.1) is 0 Å². The average Bonchev–Trinajstić information content (AvgIpc) is 2.74. The van der Waals surface area contributed by atoms with Crippen molar-refractivity contribution in [1.29, 1.82) is 0 Å². The fraction of sp³-hybridized carbons (Fsp3) is 0.455. The number of sulfonamides is 1. The van der Waals surface area contributed by atoms with Crippen molar-refractivity contribution in [2.45, 2.75) is 30.4 Å². The fourth-order valence-corrected chi connectivity index (χ4v) is 3.50. The molecule has 7 nitrogen and oxygen atoms in total. The van der Waals surface area contributed by atoms with E-state index in [1.165, 1.54) is 12.1 Å². The lowest BCUT2D eigenvalue weighted by atomic mass is 10.2. The van der Waals surface area contributed by atoms with Crippen molar-refractivity contribution >= 4 is 27.3 Å². The molecule has 1 aromatic rings. The normalized spacial score (nSPS) is 22.9. The Morgan fingerprint density at radius 3 is 2.75 bits per heavy atom. The topological polar surface area (TPSA) is 98.5 Å². The summed E-state index contributed by atoms with van der Waals surface area (Å²) in [6.45, 7) is 2.25. The van der Waals surface area contributed by atoms with Gasteiger partial charge < -0.3 is 4.74 Å². The van der Waals surface area contributed by atoms with E-state index < -0.39 is 20.6 Å². The van der Waals surface area contributed by atoms with Crippen LogP contribution >= 0.6 is 11.6 Å². The smallest absolute Gasteiger partial charge is 0.289 e. The predicted octanol–water partition coefficient (Wildman–Crippen LogP) is 1.70. The number of rotatable bonds is 4. The first-order valence-corrected chi connectivity index (χ1v) is 7.75. The molecule has 0 spiro atoms. The molecule has 2 atom stereocenters. The van der Waals surface area contributed by atoms with Crippen LogP contribution in [-0.2, 0) is 14.8 Å². The highest BCUT2D eigenvalue weighted by Gasteiger charge is 2.30. The van der Waals surface area contributed by atoms with E-state index in [1.54, 1.807) is 6.92 Å². The van der Waals surface area contributed by atoms with E-state index in [2.05, 4.69) is 4.72 Å². The Bertz CT molecular complexity index is 634. The van der Waals surface area contributed by atoms with E-state index >= 15 is 0 Å². The van der Waals surface area contributed by atoms with E-state index in [-0.39, 0.29) is 22.1 Å². The van der Waals surface area contributed by atoms with Crippen LogP contribution in [0.3, 0.4) is 0 Å². The second-order valence-electron chi connectivity index (χ2n) is 4.46. The van der Waals surface area contributed by atoms with E-state index in [1.807, 2.05) is 0 Å². The summed E-state index contributed by atoms with van der Waals surface area (Å²) in [6.07, 6.45) is 0.336. The van der Waals surface area contributed by atoms with Crippen molar-refractivity contribution in [3.05, 3.63) is 33.3 Å². The molecule has 110 valence electrons. The summed E-state index contributed by atoms with van der Waals surface area (Å²) in [5.74, 6) is 0. The molecule has 2 unspecified atom stereocenters. The van der Waals surface area contributed by atoms with Crippen molar-refractivity contribution in [2.24, 2.45) is 0 Å². The van der Waals surface area contributed by atoms with Crippen LogP contribution in [0.15, 0.2) is 23.1 Å². The number of nitrogens with zero attached hydrogens (tertiary/aromatic N) is 1. The summed E-state index contributed by atoms with van der Waals surface area (Å²) in [6, 6.07) is 3.04. The zero-order valence-corrected chi connectivity index (χ0v) is 12.1. The molecule has 1 fully saturated rings. The summed E-state index contributed by atoms with van der Waals surface area (Å²) in [5.41, 5.74) is -0.440. The van der Waals surface area contributed by atoms with Crippen LogP contribution in [0.4, 0.5) is 5.69 Å². The van der Waals surface area contributed by atoms with Crippen LogP contribution in [0.5, 0.6) is 0 Å². The summed E-state index contributed by atoms with van der Waals surface area (Å²) >= 11 is 5.66. The first-order valence-electron chi connectivity index (χ1n) is 5.89. The molecule has 2 rings (SSSR count). The Morgan fingerprint density at radius 1 is 1.50 bits per heavy atom. The SMILES string of the molecule is CC1OCCC1NS(=O)(=O)c1ccc(Cl)c([N+](=O)[O-])c1. The summed E-state index contributed by atoms with van der Waals surface area (Å²) in [5, 5.41) is 10.7. The fourth-order valence-electron chi connectivity index (χ4n) is 1.95. The number of nitro benzene ring substituents is 1. The highest BCUT2D eigenvalue weighted by Crippen LogP contribution is 2.27. The minimum Gasteiger partial charge on any atom is -0.377 e. The molecular formula is C11H13ClN2O5S. The van der Waals surface area contributed by atoms with Crippen molar-refractivity contribution < 1.29 is 18.1 Å². The third-order valence-electron chi connectivity index (χ3n) is 3.11. The van der Waals surface area contributed by atoms with E-state index in [9.17, 15) is 18.5 Å². The number of halogens is 1. The minimum absolute atomic E-state index is 0.105. The van der Waals surface area contributed by atoms with Gasteiger partial charge >= 0.3 is 0 Å². The van der Waals surface area contributed by atoms with Gasteiger partial charge in [0.2, 0.25) is 10.0 Å². The lowest BCUT2D eigenvalue weighted by Gasteiger charge is -2.16. The largest absolute Gasteiger partial charge is 0.377 e. The monoisotopic (exact) mass is 320 g/mol. The molecule has 0 saturated carbocycles. The zero-order valence-electron chi connectivity index (χ0n) is 10.6. The Labute approximate surface area is 121 Å². The molecule has 9 heteroatoms. The average molecular weight is 321 g/mol. The lowest BCUT2D eigenvalue weighted by molar-refractivity contribution is -0.384. The Kier molecular flexibility index (Phi) is 4.28. The molecule has 1 saturated heterocycles. The van der Waals surface area contributed by atoms with Crippen LogP contribution in [-0.4, -0.2) is 32.1 Å². The maximum atomic E-state index is 12.2. The summed E-state index contributed by atoms with van der Waals surface area (Å²) in [7, 11) is -3.84. The van der Waals surface area contributed by atoms with Gasteiger partial charge in [0, 0.05) is 12.7 Å². The number of nitrogens with one attached hydrogen (secondary N) is 1. The molecule has 1 N–H and O–H groups in total. The van der Waals surface area contributed by atoms with Crippen LogP contribution in [0.1, 0.15) is 13.3 Å². The quantitative estimate of drug-likeness (QED) is 0.672. The highest BCUT2D eigenvalue weighted by atomic mass is 35.5. The molecule has 1 aliphatic heterocycles. The molecule has 1 aromatic carbocycles. The number of hydrogen-bond acceptors (Lipinski definition) is 5. The number of hydrogen-bond donors (Lipinski definition) is 1. The highest BCUT2D eigenvalue weighted by molar-refractivity contribution is 7.89. The van der Waals surface area contributed by atoms with Gasteiger partial charge in [-0.05, 0) is 25.5 Å². The number of nitro groups is 1. The Hall–Kier alpha value is -1.22. The van der Waals surface area contributed by atoms with Crippen molar-refractivity contribution in [3.63, 3.8) is 0 Å². The van der Waals surface area contributed by atoms with Gasteiger partial charge in [0.15, 0.2) is 0 Å². The van der Waals surface area contributed by atoms with Gasteiger partial charge in [0.05, 0.1) is 22.0 Å². The standard InChI is InChI=1S/C11H13ClN2O5S/c1-7-10(4-5-19-7)13-20(17,18)8-2-3-9(12)11(6-8)14(15)16/h2-3,6-7,10,13H,4-5H2,1H3. The van der Waals surface area contributed by atoms with Crippen LogP contribution < -0.4 is 4.72 Å². The van der Waals surface area contributed by atoms with Gasteiger partial charge in [0.1, 0.15) is 5.02 Å². The van der Waals surface area contributed by atoms with Gasteiger partial charge in [0.25, 0.3) is 5.69 Å². The molecule has 0 bridgehead atoms. The summed E-state index contributed by atoms with van der Waals surface area (Å²) < 4.78 is 32.1. The molecule has 0 amide bonds. The molecule has 1 aliphatic rings.